The van der Waals surface area contributed by atoms with Crippen LogP contribution in [0.3, 0.4) is 0 Å². The van der Waals surface area contributed by atoms with Crippen LogP contribution in [0.15, 0.2) is 54.6 Å². The third-order valence-electron chi connectivity index (χ3n) is 3.97. The average Bonchev–Trinajstić information content (AvgIpc) is 2.90. The van der Waals surface area contributed by atoms with E-state index in [-0.39, 0.29) is 0 Å². The van der Waals surface area contributed by atoms with Crippen molar-refractivity contribution in [3.05, 3.63) is 76.6 Å². The van der Waals surface area contributed by atoms with Gasteiger partial charge in [0.2, 0.25) is 0 Å². The summed E-state index contributed by atoms with van der Waals surface area (Å²) in [5, 5.41) is 12.3. The van der Waals surface area contributed by atoms with Crippen LogP contribution < -0.4 is 10.6 Å². The van der Waals surface area contributed by atoms with Gasteiger partial charge in [-0.05, 0) is 62.5 Å². The lowest BCUT2D eigenvalue weighted by atomic mass is 10.2. The van der Waals surface area contributed by atoms with E-state index in [9.17, 15) is 0 Å². The van der Waals surface area contributed by atoms with Gasteiger partial charge in [0.1, 0.15) is 0 Å². The van der Waals surface area contributed by atoms with E-state index in [1.165, 1.54) is 0 Å². The van der Waals surface area contributed by atoms with Gasteiger partial charge in [0, 0.05) is 28.5 Å². The Morgan fingerprint density at radius 3 is 2.44 bits per heavy atom. The molecule has 2 N–H and O–H groups in total. The van der Waals surface area contributed by atoms with Crippen molar-refractivity contribution < 1.29 is 0 Å². The molecule has 3 rings (SSSR count). The van der Waals surface area contributed by atoms with Crippen LogP contribution in [0, 0.1) is 13.8 Å². The number of hydrogen-bond donors (Lipinski definition) is 2. The predicted molar refractivity (Wildman–Crippen MR) is 108 cm³/mol. The molecule has 0 fully saturated rings. The lowest BCUT2D eigenvalue weighted by Crippen LogP contribution is -2.28. The standard InChI is InChI=1S/C19H19ClN4S/c1-13-18(14(2)24(23-13)17-6-4-3-5-7-17)12-21-19(25)22-16-10-8-15(20)9-11-16/h3-11H,12H2,1-2H3,(H2,21,22,25). The number of hydrogen-bond acceptors (Lipinski definition) is 2. The maximum absolute atomic E-state index is 5.89. The van der Waals surface area contributed by atoms with Gasteiger partial charge >= 0.3 is 0 Å². The fourth-order valence-corrected chi connectivity index (χ4v) is 2.94. The number of para-hydroxylation sites is 1. The van der Waals surface area contributed by atoms with Gasteiger partial charge in [-0.3, -0.25) is 0 Å². The number of aryl methyl sites for hydroxylation is 1. The minimum atomic E-state index is 0.564. The molecule has 0 saturated carbocycles. The maximum Gasteiger partial charge on any atom is 0.171 e. The second-order valence-electron chi connectivity index (χ2n) is 5.71. The minimum absolute atomic E-state index is 0.564. The molecular weight excluding hydrogens is 352 g/mol. The van der Waals surface area contributed by atoms with Crippen LogP contribution in [-0.4, -0.2) is 14.9 Å². The summed E-state index contributed by atoms with van der Waals surface area (Å²) in [6, 6.07) is 17.5. The van der Waals surface area contributed by atoms with Gasteiger partial charge in [-0.2, -0.15) is 5.10 Å². The monoisotopic (exact) mass is 370 g/mol. The Balaban J connectivity index is 1.68. The molecule has 3 aromatic rings. The summed E-state index contributed by atoms with van der Waals surface area (Å²) >= 11 is 11.3. The van der Waals surface area contributed by atoms with Crippen molar-refractivity contribution in [2.75, 3.05) is 5.32 Å². The van der Waals surface area contributed by atoms with Gasteiger partial charge in [-0.1, -0.05) is 29.8 Å². The van der Waals surface area contributed by atoms with E-state index in [4.69, 9.17) is 23.8 Å². The van der Waals surface area contributed by atoms with E-state index in [1.54, 1.807) is 0 Å². The maximum atomic E-state index is 5.89. The molecule has 0 aliphatic heterocycles. The van der Waals surface area contributed by atoms with Crippen molar-refractivity contribution in [1.29, 1.82) is 0 Å². The fraction of sp³-hybridized carbons (Fsp3) is 0.158. The summed E-state index contributed by atoms with van der Waals surface area (Å²) in [4.78, 5) is 0. The Kier molecular flexibility index (Phi) is 5.36. The van der Waals surface area contributed by atoms with Crippen molar-refractivity contribution in [3.63, 3.8) is 0 Å². The number of anilines is 1. The number of halogens is 1. The number of nitrogens with zero attached hydrogens (tertiary/aromatic N) is 2. The molecule has 6 heteroatoms. The number of nitrogens with one attached hydrogen (secondary N) is 2. The van der Waals surface area contributed by atoms with E-state index in [0.717, 1.165) is 28.3 Å². The zero-order chi connectivity index (χ0) is 17.8. The lowest BCUT2D eigenvalue weighted by molar-refractivity contribution is 0.830. The van der Waals surface area contributed by atoms with Gasteiger partial charge in [-0.15, -0.1) is 0 Å². The van der Waals surface area contributed by atoms with Gasteiger partial charge in [0.15, 0.2) is 5.11 Å². The Morgan fingerprint density at radius 2 is 1.76 bits per heavy atom. The van der Waals surface area contributed by atoms with Gasteiger partial charge in [-0.25, -0.2) is 4.68 Å². The van der Waals surface area contributed by atoms with E-state index in [1.807, 2.05) is 66.2 Å². The van der Waals surface area contributed by atoms with Gasteiger partial charge < -0.3 is 10.6 Å². The largest absolute Gasteiger partial charge is 0.358 e. The summed E-state index contributed by atoms with van der Waals surface area (Å²) in [6.45, 7) is 4.70. The normalized spacial score (nSPS) is 10.5. The van der Waals surface area contributed by atoms with Crippen LogP contribution >= 0.6 is 23.8 Å². The zero-order valence-corrected chi connectivity index (χ0v) is 15.7. The molecule has 4 nitrogen and oxygen atoms in total. The second-order valence-corrected chi connectivity index (χ2v) is 6.56. The number of aromatic nitrogens is 2. The van der Waals surface area contributed by atoms with Crippen LogP contribution in [0.1, 0.15) is 17.0 Å². The minimum Gasteiger partial charge on any atom is -0.358 e. The molecular formula is C19H19ClN4S. The van der Waals surface area contributed by atoms with Crippen molar-refractivity contribution in [3.8, 4) is 5.69 Å². The highest BCUT2D eigenvalue weighted by molar-refractivity contribution is 7.80. The quantitative estimate of drug-likeness (QED) is 0.657. The van der Waals surface area contributed by atoms with Crippen LogP contribution in [0.25, 0.3) is 5.69 Å². The number of thiocarbonyl (C=S) groups is 1. The second kappa shape index (κ2) is 7.68. The van der Waals surface area contributed by atoms with Crippen LogP contribution in [-0.2, 0) is 6.54 Å². The first kappa shape index (κ1) is 17.5. The highest BCUT2D eigenvalue weighted by Gasteiger charge is 2.12. The predicted octanol–water partition coefficient (Wildman–Crippen LogP) is 4.63. The molecule has 0 aliphatic carbocycles. The zero-order valence-electron chi connectivity index (χ0n) is 14.1. The van der Waals surface area contributed by atoms with E-state index in [2.05, 4.69) is 22.7 Å². The van der Waals surface area contributed by atoms with Crippen molar-refractivity contribution >= 4 is 34.6 Å². The summed E-state index contributed by atoms with van der Waals surface area (Å²) < 4.78 is 1.96. The molecule has 128 valence electrons. The highest BCUT2D eigenvalue weighted by atomic mass is 35.5. The molecule has 25 heavy (non-hydrogen) atoms. The molecule has 0 spiro atoms. The van der Waals surface area contributed by atoms with E-state index in [0.29, 0.717) is 16.7 Å². The molecule has 2 aromatic carbocycles. The number of rotatable bonds is 4. The average molecular weight is 371 g/mol. The van der Waals surface area contributed by atoms with E-state index < -0.39 is 0 Å². The third kappa shape index (κ3) is 4.18. The van der Waals surface area contributed by atoms with E-state index >= 15 is 0 Å². The van der Waals surface area contributed by atoms with Crippen molar-refractivity contribution in [2.24, 2.45) is 0 Å². The van der Waals surface area contributed by atoms with Crippen LogP contribution in [0.5, 0.6) is 0 Å². The molecule has 0 unspecified atom stereocenters. The highest BCUT2D eigenvalue weighted by Crippen LogP contribution is 2.18. The smallest absolute Gasteiger partial charge is 0.171 e. The molecule has 0 radical (unpaired) electrons. The Hall–Kier alpha value is -2.37. The Labute approximate surface area is 157 Å². The van der Waals surface area contributed by atoms with Gasteiger partial charge in [0.25, 0.3) is 0 Å². The first-order valence-corrected chi connectivity index (χ1v) is 8.74. The summed E-state index contributed by atoms with van der Waals surface area (Å²) in [5.74, 6) is 0. The Bertz CT molecular complexity index is 872. The topological polar surface area (TPSA) is 41.9 Å². The molecule has 1 heterocycles. The number of benzene rings is 2. The van der Waals surface area contributed by atoms with Crippen LogP contribution in [0.2, 0.25) is 5.02 Å². The first-order chi connectivity index (χ1) is 12.0. The molecule has 0 atom stereocenters. The summed E-state index contributed by atoms with van der Waals surface area (Å²) in [5.41, 5.74) is 5.18. The fourth-order valence-electron chi connectivity index (χ4n) is 2.63. The van der Waals surface area contributed by atoms with Crippen molar-refractivity contribution in [1.82, 2.24) is 15.1 Å². The molecule has 0 amide bonds. The molecule has 1 aromatic heterocycles. The first-order valence-electron chi connectivity index (χ1n) is 7.95. The van der Waals surface area contributed by atoms with Gasteiger partial charge in [0.05, 0.1) is 11.4 Å². The Morgan fingerprint density at radius 1 is 1.08 bits per heavy atom. The summed E-state index contributed by atoms with van der Waals surface area (Å²) in [7, 11) is 0. The van der Waals surface area contributed by atoms with Crippen molar-refractivity contribution in [2.45, 2.75) is 20.4 Å². The third-order valence-corrected chi connectivity index (χ3v) is 4.47. The van der Waals surface area contributed by atoms with Crippen LogP contribution in [0.4, 0.5) is 5.69 Å². The molecule has 0 saturated heterocycles. The lowest BCUT2D eigenvalue weighted by Gasteiger charge is -2.11. The molecule has 0 bridgehead atoms. The summed E-state index contributed by atoms with van der Waals surface area (Å²) in [6.07, 6.45) is 0. The molecule has 0 aliphatic rings. The SMILES string of the molecule is Cc1nn(-c2ccccc2)c(C)c1CNC(=S)Nc1ccc(Cl)cc1.